The Balaban J connectivity index is 1.74. The van der Waals surface area contributed by atoms with Crippen molar-refractivity contribution in [2.45, 2.75) is 32.7 Å². The molecular formula is C20H23N3O2. The molecule has 0 unspecified atom stereocenters. The van der Waals surface area contributed by atoms with Gasteiger partial charge in [-0.2, -0.15) is 0 Å². The number of nitrogens with one attached hydrogen (secondary N) is 1. The summed E-state index contributed by atoms with van der Waals surface area (Å²) in [4.78, 5) is 25.9. The molecule has 2 amide bonds. The van der Waals surface area contributed by atoms with Gasteiger partial charge in [0.1, 0.15) is 6.04 Å². The summed E-state index contributed by atoms with van der Waals surface area (Å²) in [5.74, 6) is -0.549. The minimum absolute atomic E-state index is 0.0692. The number of hydrogen-bond donors (Lipinski definition) is 2. The lowest BCUT2D eigenvalue weighted by molar-refractivity contribution is -0.117. The standard InChI is InChI=1S/C20H23N3O2/c1-13-5-10-18-16(12-13)4-3-11-23(18)14(2)20(25)22-17-8-6-15(7-9-17)19(21)24/h5-10,12,14H,3-4,11H2,1-2H3,(H2,21,24)(H,22,25)/t14-/m1/s1. The van der Waals surface area contributed by atoms with E-state index in [0.29, 0.717) is 11.3 Å². The van der Waals surface area contributed by atoms with Crippen LogP contribution in [0, 0.1) is 6.92 Å². The molecule has 0 saturated heterocycles. The van der Waals surface area contributed by atoms with Gasteiger partial charge in [0.15, 0.2) is 0 Å². The van der Waals surface area contributed by atoms with Gasteiger partial charge in [-0.15, -0.1) is 0 Å². The molecule has 0 spiro atoms. The Morgan fingerprint density at radius 1 is 1.16 bits per heavy atom. The highest BCUT2D eigenvalue weighted by Gasteiger charge is 2.26. The van der Waals surface area contributed by atoms with E-state index in [2.05, 4.69) is 35.3 Å². The number of carbonyl (C=O) groups excluding carboxylic acids is 2. The van der Waals surface area contributed by atoms with Gasteiger partial charge in [-0.05, 0) is 62.6 Å². The monoisotopic (exact) mass is 337 g/mol. The Kier molecular flexibility index (Phi) is 4.74. The topological polar surface area (TPSA) is 75.4 Å². The summed E-state index contributed by atoms with van der Waals surface area (Å²) in [5, 5.41) is 2.91. The van der Waals surface area contributed by atoms with Gasteiger partial charge in [-0.1, -0.05) is 17.7 Å². The molecule has 0 aliphatic carbocycles. The molecule has 1 atom stereocenters. The summed E-state index contributed by atoms with van der Waals surface area (Å²) in [6, 6.07) is 12.7. The number of aryl methyl sites for hydroxylation is 2. The van der Waals surface area contributed by atoms with Gasteiger partial charge in [0.25, 0.3) is 0 Å². The second kappa shape index (κ2) is 6.97. The third kappa shape index (κ3) is 3.65. The van der Waals surface area contributed by atoms with Crippen LogP contribution in [0.25, 0.3) is 0 Å². The Morgan fingerprint density at radius 2 is 1.88 bits per heavy atom. The molecule has 0 radical (unpaired) electrons. The zero-order chi connectivity index (χ0) is 18.0. The molecule has 3 rings (SSSR count). The maximum absolute atomic E-state index is 12.7. The van der Waals surface area contributed by atoms with Crippen molar-refractivity contribution in [3.05, 3.63) is 59.2 Å². The van der Waals surface area contributed by atoms with E-state index in [-0.39, 0.29) is 11.9 Å². The van der Waals surface area contributed by atoms with Gasteiger partial charge in [0.05, 0.1) is 0 Å². The van der Waals surface area contributed by atoms with Gasteiger partial charge in [0, 0.05) is 23.5 Å². The molecule has 1 aliphatic rings. The highest BCUT2D eigenvalue weighted by atomic mass is 16.2. The molecule has 1 heterocycles. The van der Waals surface area contributed by atoms with Crippen molar-refractivity contribution in [2.24, 2.45) is 5.73 Å². The van der Waals surface area contributed by atoms with Crippen LogP contribution in [0.15, 0.2) is 42.5 Å². The molecule has 0 fully saturated rings. The van der Waals surface area contributed by atoms with E-state index >= 15 is 0 Å². The number of amides is 2. The Hall–Kier alpha value is -2.82. The van der Waals surface area contributed by atoms with Crippen LogP contribution in [0.5, 0.6) is 0 Å². The zero-order valence-corrected chi connectivity index (χ0v) is 14.6. The molecule has 2 aromatic rings. The Bertz CT molecular complexity index is 799. The summed E-state index contributed by atoms with van der Waals surface area (Å²) in [7, 11) is 0. The quantitative estimate of drug-likeness (QED) is 0.901. The lowest BCUT2D eigenvalue weighted by Crippen LogP contribution is -2.44. The molecule has 25 heavy (non-hydrogen) atoms. The predicted molar refractivity (Wildman–Crippen MR) is 99.9 cm³/mol. The molecule has 0 bridgehead atoms. The van der Waals surface area contributed by atoms with Crippen LogP contribution in [-0.2, 0) is 11.2 Å². The van der Waals surface area contributed by atoms with Crippen LogP contribution in [0.2, 0.25) is 0 Å². The van der Waals surface area contributed by atoms with E-state index in [4.69, 9.17) is 5.73 Å². The predicted octanol–water partition coefficient (Wildman–Crippen LogP) is 2.87. The molecule has 2 aromatic carbocycles. The summed E-state index contributed by atoms with van der Waals surface area (Å²) in [5.41, 5.74) is 10.00. The Labute approximate surface area is 147 Å². The second-order valence-electron chi connectivity index (χ2n) is 6.54. The number of rotatable bonds is 4. The number of nitrogens with two attached hydrogens (primary N) is 1. The van der Waals surface area contributed by atoms with Crippen LogP contribution in [0.4, 0.5) is 11.4 Å². The number of benzene rings is 2. The minimum Gasteiger partial charge on any atom is -0.366 e. The number of primary amides is 1. The highest BCUT2D eigenvalue weighted by Crippen LogP contribution is 2.29. The molecule has 130 valence electrons. The van der Waals surface area contributed by atoms with E-state index in [1.165, 1.54) is 11.1 Å². The lowest BCUT2D eigenvalue weighted by atomic mass is 9.98. The number of fused-ring (bicyclic) bond motifs is 1. The fraction of sp³-hybridized carbons (Fsp3) is 0.300. The fourth-order valence-electron chi connectivity index (χ4n) is 3.26. The first-order chi connectivity index (χ1) is 12.0. The van der Waals surface area contributed by atoms with Crippen LogP contribution >= 0.6 is 0 Å². The summed E-state index contributed by atoms with van der Waals surface area (Å²) >= 11 is 0. The average Bonchev–Trinajstić information content (AvgIpc) is 2.60. The highest BCUT2D eigenvalue weighted by molar-refractivity contribution is 5.98. The molecule has 0 saturated carbocycles. The maximum Gasteiger partial charge on any atom is 0.248 e. The van der Waals surface area contributed by atoms with E-state index in [9.17, 15) is 9.59 Å². The van der Waals surface area contributed by atoms with Gasteiger partial charge in [0.2, 0.25) is 11.8 Å². The molecule has 3 N–H and O–H groups in total. The summed E-state index contributed by atoms with van der Waals surface area (Å²) in [6.45, 7) is 4.87. The average molecular weight is 337 g/mol. The van der Waals surface area contributed by atoms with Crippen molar-refractivity contribution in [3.8, 4) is 0 Å². The van der Waals surface area contributed by atoms with Crippen LogP contribution in [0.1, 0.15) is 34.8 Å². The minimum atomic E-state index is -0.480. The van der Waals surface area contributed by atoms with Crippen LogP contribution < -0.4 is 16.0 Å². The number of anilines is 2. The van der Waals surface area contributed by atoms with Crippen LogP contribution in [-0.4, -0.2) is 24.4 Å². The van der Waals surface area contributed by atoms with Gasteiger partial charge >= 0.3 is 0 Å². The third-order valence-electron chi connectivity index (χ3n) is 4.67. The van der Waals surface area contributed by atoms with E-state index in [1.54, 1.807) is 24.3 Å². The van der Waals surface area contributed by atoms with Gasteiger partial charge in [-0.3, -0.25) is 9.59 Å². The molecule has 5 heteroatoms. The SMILES string of the molecule is Cc1ccc2c(c1)CCCN2[C@H](C)C(=O)Nc1ccc(C(N)=O)cc1. The largest absolute Gasteiger partial charge is 0.366 e. The zero-order valence-electron chi connectivity index (χ0n) is 14.6. The van der Waals surface area contributed by atoms with Crippen molar-refractivity contribution < 1.29 is 9.59 Å². The number of nitrogens with zero attached hydrogens (tertiary/aromatic N) is 1. The van der Waals surface area contributed by atoms with Crippen molar-refractivity contribution in [2.75, 3.05) is 16.8 Å². The van der Waals surface area contributed by atoms with Crippen molar-refractivity contribution >= 4 is 23.2 Å². The van der Waals surface area contributed by atoms with Crippen LogP contribution in [0.3, 0.4) is 0 Å². The van der Waals surface area contributed by atoms with Gasteiger partial charge in [-0.25, -0.2) is 0 Å². The first kappa shape index (κ1) is 17.0. The summed E-state index contributed by atoms with van der Waals surface area (Å²) < 4.78 is 0. The molecular weight excluding hydrogens is 314 g/mol. The van der Waals surface area contributed by atoms with Crippen molar-refractivity contribution in [1.29, 1.82) is 0 Å². The fourth-order valence-corrected chi connectivity index (χ4v) is 3.26. The van der Waals surface area contributed by atoms with E-state index in [1.807, 2.05) is 6.92 Å². The van der Waals surface area contributed by atoms with Gasteiger partial charge < -0.3 is 16.0 Å². The van der Waals surface area contributed by atoms with Crippen molar-refractivity contribution in [1.82, 2.24) is 0 Å². The molecule has 0 aromatic heterocycles. The maximum atomic E-state index is 12.7. The number of carbonyl (C=O) groups is 2. The van der Waals surface area contributed by atoms with Crippen molar-refractivity contribution in [3.63, 3.8) is 0 Å². The van der Waals surface area contributed by atoms with E-state index in [0.717, 1.165) is 25.1 Å². The normalized spacial score (nSPS) is 14.6. The third-order valence-corrected chi connectivity index (χ3v) is 4.67. The number of hydrogen-bond acceptors (Lipinski definition) is 3. The molecule has 5 nitrogen and oxygen atoms in total. The summed E-state index contributed by atoms with van der Waals surface area (Å²) in [6.07, 6.45) is 2.10. The lowest BCUT2D eigenvalue weighted by Gasteiger charge is -2.35. The smallest absolute Gasteiger partial charge is 0.248 e. The van der Waals surface area contributed by atoms with E-state index < -0.39 is 5.91 Å². The first-order valence-electron chi connectivity index (χ1n) is 8.52. The second-order valence-corrected chi connectivity index (χ2v) is 6.54. The Morgan fingerprint density at radius 3 is 2.56 bits per heavy atom. The first-order valence-corrected chi connectivity index (χ1v) is 8.52. The molecule has 1 aliphatic heterocycles.